The third-order valence-electron chi connectivity index (χ3n) is 3.82. The van der Waals surface area contributed by atoms with Crippen LogP contribution in [-0.2, 0) is 13.1 Å². The van der Waals surface area contributed by atoms with Crippen LogP contribution in [0.4, 0.5) is 0 Å². The quantitative estimate of drug-likeness (QED) is 0.344. The van der Waals surface area contributed by atoms with Gasteiger partial charge >= 0.3 is 0 Å². The third-order valence-corrected chi connectivity index (χ3v) is 4.64. The van der Waals surface area contributed by atoms with Crippen LogP contribution < -0.4 is 5.32 Å². The second kappa shape index (κ2) is 9.67. The van der Waals surface area contributed by atoms with Crippen LogP contribution in [-0.4, -0.2) is 39.7 Å². The van der Waals surface area contributed by atoms with Crippen molar-refractivity contribution in [3.8, 4) is 5.69 Å². The summed E-state index contributed by atoms with van der Waals surface area (Å²) in [4.78, 5) is 11.0. The first-order valence-corrected chi connectivity index (χ1v) is 8.96. The predicted molar refractivity (Wildman–Crippen MR) is 117 cm³/mol. The zero-order valence-electron chi connectivity index (χ0n) is 15.1. The molecule has 1 aromatic carbocycles. The molecule has 2 heterocycles. The summed E-state index contributed by atoms with van der Waals surface area (Å²) in [5.74, 6) is 0.834. The van der Waals surface area contributed by atoms with Crippen LogP contribution in [0.2, 0.25) is 0 Å². The van der Waals surface area contributed by atoms with Crippen LogP contribution in [0.5, 0.6) is 0 Å². The van der Waals surface area contributed by atoms with Gasteiger partial charge in [-0.15, -0.1) is 35.3 Å². The van der Waals surface area contributed by atoms with Gasteiger partial charge in [-0.2, -0.15) is 5.10 Å². The molecule has 0 fully saturated rings. The van der Waals surface area contributed by atoms with Gasteiger partial charge in [0.2, 0.25) is 0 Å². The Bertz CT molecular complexity index is 843. The van der Waals surface area contributed by atoms with Gasteiger partial charge in [0.15, 0.2) is 5.96 Å². The molecule has 6 nitrogen and oxygen atoms in total. The molecule has 0 saturated carbocycles. The van der Waals surface area contributed by atoms with Crippen molar-refractivity contribution in [1.82, 2.24) is 25.0 Å². The smallest absolute Gasteiger partial charge is 0.194 e. The van der Waals surface area contributed by atoms with Gasteiger partial charge in [0.05, 0.1) is 22.9 Å². The van der Waals surface area contributed by atoms with Crippen LogP contribution in [0.25, 0.3) is 5.69 Å². The summed E-state index contributed by atoms with van der Waals surface area (Å²) < 4.78 is 1.88. The molecule has 3 aromatic rings. The summed E-state index contributed by atoms with van der Waals surface area (Å²) in [6.07, 6.45) is 3.73. The van der Waals surface area contributed by atoms with Crippen molar-refractivity contribution in [3.63, 3.8) is 0 Å². The van der Waals surface area contributed by atoms with Crippen LogP contribution in [0.15, 0.2) is 53.1 Å². The fourth-order valence-corrected chi connectivity index (χ4v) is 3.26. The summed E-state index contributed by atoms with van der Waals surface area (Å²) in [6.45, 7) is 3.42. The number of nitrogens with one attached hydrogen (secondary N) is 1. The Hall–Kier alpha value is -1.94. The number of para-hydroxylation sites is 1. The lowest BCUT2D eigenvalue weighted by Crippen LogP contribution is -2.38. The molecule has 0 radical (unpaired) electrons. The topological polar surface area (TPSA) is 58.3 Å². The molecule has 2 aromatic heterocycles. The Kier molecular flexibility index (Phi) is 7.58. The van der Waals surface area contributed by atoms with Gasteiger partial charge in [0.1, 0.15) is 0 Å². The highest BCUT2D eigenvalue weighted by atomic mass is 127. The number of hydrogen-bond donors (Lipinski definition) is 1. The van der Waals surface area contributed by atoms with E-state index < -0.39 is 0 Å². The molecular formula is C18H23IN6S. The van der Waals surface area contributed by atoms with E-state index in [4.69, 9.17) is 0 Å². The molecule has 3 rings (SSSR count). The molecule has 0 atom stereocenters. The maximum absolute atomic E-state index is 4.52. The minimum absolute atomic E-state index is 0. The van der Waals surface area contributed by atoms with Crippen molar-refractivity contribution in [3.05, 3.63) is 64.4 Å². The molecule has 0 saturated heterocycles. The Morgan fingerprint density at radius 1 is 1.31 bits per heavy atom. The van der Waals surface area contributed by atoms with Crippen molar-refractivity contribution in [2.45, 2.75) is 20.0 Å². The van der Waals surface area contributed by atoms with E-state index in [0.717, 1.165) is 34.5 Å². The van der Waals surface area contributed by atoms with Gasteiger partial charge in [0, 0.05) is 38.4 Å². The van der Waals surface area contributed by atoms with E-state index in [1.807, 2.05) is 43.0 Å². The summed E-state index contributed by atoms with van der Waals surface area (Å²) in [7, 11) is 3.81. The van der Waals surface area contributed by atoms with E-state index in [1.165, 1.54) is 0 Å². The highest BCUT2D eigenvalue weighted by Gasteiger charge is 2.10. The lowest BCUT2D eigenvalue weighted by atomic mass is 10.2. The average molecular weight is 482 g/mol. The van der Waals surface area contributed by atoms with E-state index in [2.05, 4.69) is 42.8 Å². The van der Waals surface area contributed by atoms with Gasteiger partial charge in [-0.1, -0.05) is 18.2 Å². The van der Waals surface area contributed by atoms with E-state index in [9.17, 15) is 0 Å². The molecule has 8 heteroatoms. The van der Waals surface area contributed by atoms with Gasteiger partial charge in [-0.3, -0.25) is 4.99 Å². The molecule has 0 amide bonds. The molecule has 0 unspecified atom stereocenters. The van der Waals surface area contributed by atoms with Crippen LogP contribution in [0.3, 0.4) is 0 Å². The molecule has 1 N–H and O–H groups in total. The fourth-order valence-electron chi connectivity index (χ4n) is 2.65. The number of guanidine groups is 1. The molecule has 138 valence electrons. The summed E-state index contributed by atoms with van der Waals surface area (Å²) in [6, 6.07) is 10.1. The van der Waals surface area contributed by atoms with Gasteiger partial charge in [0.25, 0.3) is 0 Å². The lowest BCUT2D eigenvalue weighted by Gasteiger charge is -2.21. The minimum atomic E-state index is 0. The molecular weight excluding hydrogens is 459 g/mol. The normalized spacial score (nSPS) is 11.1. The molecule has 26 heavy (non-hydrogen) atoms. The van der Waals surface area contributed by atoms with E-state index in [-0.39, 0.29) is 24.0 Å². The maximum Gasteiger partial charge on any atom is 0.194 e. The zero-order chi connectivity index (χ0) is 17.6. The van der Waals surface area contributed by atoms with Gasteiger partial charge in [-0.05, 0) is 24.6 Å². The predicted octanol–water partition coefficient (Wildman–Crippen LogP) is 3.46. The standard InChI is InChI=1S/C18H22N6S.HI/c1-14-22-16(13-25-14)12-23(3)18(19-2)20-11-15-7-4-5-8-17(15)24-10-6-9-21-24;/h4-10,13H,11-12H2,1-3H3,(H,19,20);1H. The van der Waals surface area contributed by atoms with Crippen molar-refractivity contribution in [1.29, 1.82) is 0 Å². The zero-order valence-corrected chi connectivity index (χ0v) is 18.2. The van der Waals surface area contributed by atoms with Crippen molar-refractivity contribution >= 4 is 41.3 Å². The first kappa shape index (κ1) is 20.4. The Labute approximate surface area is 175 Å². The van der Waals surface area contributed by atoms with Crippen molar-refractivity contribution < 1.29 is 0 Å². The maximum atomic E-state index is 4.52. The third kappa shape index (κ3) is 5.04. The first-order chi connectivity index (χ1) is 12.2. The largest absolute Gasteiger partial charge is 0.352 e. The number of aryl methyl sites for hydroxylation is 1. The fraction of sp³-hybridized carbons (Fsp3) is 0.278. The molecule has 0 aliphatic carbocycles. The van der Waals surface area contributed by atoms with Gasteiger partial charge < -0.3 is 10.2 Å². The summed E-state index contributed by atoms with van der Waals surface area (Å²) in [5, 5.41) is 10.9. The van der Waals surface area contributed by atoms with Crippen LogP contribution in [0.1, 0.15) is 16.3 Å². The Morgan fingerprint density at radius 2 is 2.12 bits per heavy atom. The molecule has 0 aliphatic rings. The van der Waals surface area contributed by atoms with E-state index in [0.29, 0.717) is 6.54 Å². The second-order valence-electron chi connectivity index (χ2n) is 5.69. The highest BCUT2D eigenvalue weighted by molar-refractivity contribution is 14.0. The monoisotopic (exact) mass is 482 g/mol. The van der Waals surface area contributed by atoms with Crippen LogP contribution in [0, 0.1) is 6.92 Å². The number of aromatic nitrogens is 3. The van der Waals surface area contributed by atoms with Crippen LogP contribution >= 0.6 is 35.3 Å². The SMILES string of the molecule is CN=C(NCc1ccccc1-n1cccn1)N(C)Cc1csc(C)n1.I. The highest BCUT2D eigenvalue weighted by Crippen LogP contribution is 2.14. The number of hydrogen-bond acceptors (Lipinski definition) is 4. The number of halogens is 1. The van der Waals surface area contributed by atoms with Crippen molar-refractivity contribution in [2.24, 2.45) is 4.99 Å². The number of thiazole rings is 1. The number of aliphatic imine (C=N–C) groups is 1. The molecule has 0 spiro atoms. The molecule has 0 bridgehead atoms. The summed E-state index contributed by atoms with van der Waals surface area (Å²) in [5.41, 5.74) is 3.28. The van der Waals surface area contributed by atoms with Gasteiger partial charge in [-0.25, -0.2) is 9.67 Å². The van der Waals surface area contributed by atoms with E-state index in [1.54, 1.807) is 24.6 Å². The molecule has 0 aliphatic heterocycles. The Morgan fingerprint density at radius 3 is 2.77 bits per heavy atom. The number of nitrogens with zero attached hydrogens (tertiary/aromatic N) is 5. The Balaban J connectivity index is 0.00000243. The second-order valence-corrected chi connectivity index (χ2v) is 6.76. The summed E-state index contributed by atoms with van der Waals surface area (Å²) >= 11 is 1.67. The number of rotatable bonds is 5. The number of benzene rings is 1. The lowest BCUT2D eigenvalue weighted by molar-refractivity contribution is 0.470. The average Bonchev–Trinajstić information content (AvgIpc) is 3.28. The van der Waals surface area contributed by atoms with Crippen molar-refractivity contribution in [2.75, 3.05) is 14.1 Å². The first-order valence-electron chi connectivity index (χ1n) is 8.08. The van der Waals surface area contributed by atoms with E-state index >= 15 is 0 Å². The minimum Gasteiger partial charge on any atom is -0.352 e.